The Morgan fingerprint density at radius 1 is 1.22 bits per heavy atom. The second kappa shape index (κ2) is 6.22. The maximum atomic E-state index is 13.7. The second-order valence-corrected chi connectivity index (χ2v) is 7.87. The van der Waals surface area contributed by atoms with Crippen LogP contribution in [0.5, 0.6) is 5.75 Å². The van der Waals surface area contributed by atoms with Crippen molar-refractivity contribution >= 4 is 17.5 Å². The number of hydrogen-bond donors (Lipinski definition) is 1. The normalized spacial score (nSPS) is 21.4. The van der Waals surface area contributed by atoms with Crippen LogP contribution in [0.2, 0.25) is 0 Å². The van der Waals surface area contributed by atoms with E-state index >= 15 is 0 Å². The molecule has 0 unspecified atom stereocenters. The van der Waals surface area contributed by atoms with Crippen LogP contribution in [0.3, 0.4) is 0 Å². The van der Waals surface area contributed by atoms with Crippen LogP contribution in [0.15, 0.2) is 18.2 Å². The molecule has 7 heteroatoms. The molecule has 27 heavy (non-hydrogen) atoms. The number of ether oxygens (including phenoxy) is 1. The third kappa shape index (κ3) is 3.36. The predicted molar refractivity (Wildman–Crippen MR) is 96.5 cm³/mol. The Kier molecular flexibility index (Phi) is 4.41. The Labute approximate surface area is 156 Å². The fraction of sp³-hybridized carbons (Fsp3) is 0.500. The largest absolute Gasteiger partial charge is 0.487 e. The molecule has 0 bridgehead atoms. The summed E-state index contributed by atoms with van der Waals surface area (Å²) in [5.41, 5.74) is 4.86. The lowest BCUT2D eigenvalue weighted by Crippen LogP contribution is -2.62. The van der Waals surface area contributed by atoms with Gasteiger partial charge in [0, 0.05) is 30.5 Å². The van der Waals surface area contributed by atoms with Crippen molar-refractivity contribution in [3.8, 4) is 18.1 Å². The number of terminal acetylenes is 1. The molecule has 1 heterocycles. The van der Waals surface area contributed by atoms with Crippen molar-refractivity contribution < 1.29 is 23.1 Å². The van der Waals surface area contributed by atoms with Gasteiger partial charge < -0.3 is 10.5 Å². The third-order valence-electron chi connectivity index (χ3n) is 5.33. The van der Waals surface area contributed by atoms with Crippen LogP contribution in [0.25, 0.3) is 0 Å². The molecule has 1 fully saturated rings. The summed E-state index contributed by atoms with van der Waals surface area (Å²) >= 11 is 0. The third-order valence-corrected chi connectivity index (χ3v) is 5.33. The van der Waals surface area contributed by atoms with Crippen molar-refractivity contribution in [1.82, 2.24) is 0 Å². The summed E-state index contributed by atoms with van der Waals surface area (Å²) in [6, 6.07) is 5.02. The summed E-state index contributed by atoms with van der Waals surface area (Å²) in [5, 5.41) is 0. The molecule has 0 spiro atoms. The fourth-order valence-corrected chi connectivity index (χ4v) is 3.97. The van der Waals surface area contributed by atoms with Gasteiger partial charge in [-0.3, -0.25) is 14.5 Å². The Hall–Kier alpha value is -2.62. The van der Waals surface area contributed by atoms with E-state index in [0.717, 1.165) is 10.5 Å². The number of carbonyl (C=O) groups excluding carboxylic acids is 2. The van der Waals surface area contributed by atoms with Gasteiger partial charge in [-0.25, -0.2) is 8.78 Å². The lowest BCUT2D eigenvalue weighted by atomic mass is 9.77. The van der Waals surface area contributed by atoms with Crippen molar-refractivity contribution in [2.24, 2.45) is 5.73 Å². The number of carbonyl (C=O) groups is 2. The van der Waals surface area contributed by atoms with Gasteiger partial charge in [0.15, 0.2) is 0 Å². The Bertz CT molecular complexity index is 832. The second-order valence-electron chi connectivity index (χ2n) is 7.87. The van der Waals surface area contributed by atoms with Crippen LogP contribution in [-0.4, -0.2) is 28.9 Å². The van der Waals surface area contributed by atoms with E-state index in [1.807, 2.05) is 19.8 Å². The first-order valence-electron chi connectivity index (χ1n) is 8.80. The molecule has 144 valence electrons. The van der Waals surface area contributed by atoms with Crippen LogP contribution in [0.1, 0.15) is 45.1 Å². The van der Waals surface area contributed by atoms with E-state index in [4.69, 9.17) is 16.9 Å². The van der Waals surface area contributed by atoms with Crippen molar-refractivity contribution in [2.75, 3.05) is 4.90 Å². The zero-order chi connectivity index (χ0) is 20.0. The van der Waals surface area contributed by atoms with Gasteiger partial charge in [-0.1, -0.05) is 0 Å². The smallest absolute Gasteiger partial charge is 0.303 e. The van der Waals surface area contributed by atoms with E-state index in [2.05, 4.69) is 0 Å². The summed E-state index contributed by atoms with van der Waals surface area (Å²) in [6.45, 7) is 3.87. The Morgan fingerprint density at radius 3 is 2.41 bits per heavy atom. The highest BCUT2D eigenvalue weighted by atomic mass is 19.3. The average molecular weight is 376 g/mol. The number of nitrogens with two attached hydrogens (primary N) is 1. The number of anilines is 1. The van der Waals surface area contributed by atoms with Crippen molar-refractivity contribution in [3.63, 3.8) is 0 Å². The highest BCUT2D eigenvalue weighted by Gasteiger charge is 2.52. The molecule has 1 aliphatic carbocycles. The van der Waals surface area contributed by atoms with E-state index in [0.29, 0.717) is 17.9 Å². The molecule has 0 atom stereocenters. The highest BCUT2D eigenvalue weighted by Crippen LogP contribution is 2.45. The summed E-state index contributed by atoms with van der Waals surface area (Å²) in [7, 11) is 0. The van der Waals surface area contributed by atoms with Crippen LogP contribution < -0.4 is 15.4 Å². The van der Waals surface area contributed by atoms with Crippen LogP contribution in [-0.2, 0) is 16.0 Å². The van der Waals surface area contributed by atoms with Crippen LogP contribution >= 0.6 is 0 Å². The number of hydrogen-bond acceptors (Lipinski definition) is 3. The molecule has 1 saturated carbocycles. The number of amides is 2. The Morgan fingerprint density at radius 2 is 1.85 bits per heavy atom. The monoisotopic (exact) mass is 376 g/mol. The quantitative estimate of drug-likeness (QED) is 0.825. The van der Waals surface area contributed by atoms with Crippen molar-refractivity contribution in [1.29, 1.82) is 0 Å². The molecule has 1 aromatic rings. The molecule has 0 saturated heterocycles. The van der Waals surface area contributed by atoms with Gasteiger partial charge in [0.25, 0.3) is 0 Å². The van der Waals surface area contributed by atoms with Gasteiger partial charge in [-0.05, 0) is 50.8 Å². The summed E-state index contributed by atoms with van der Waals surface area (Å²) < 4.78 is 33.3. The van der Waals surface area contributed by atoms with Crippen molar-refractivity contribution in [3.05, 3.63) is 23.8 Å². The minimum atomic E-state index is -2.89. The standard InChI is InChI=1S/C20H22F2N2O3/c1-4-16(25)24(19(17(23)26)7-9-20(21,22)10-8-19)14-5-6-15-13(11-14)12-18(2,3)27-15/h1,5-6,11H,7-10,12H2,2-3H3,(H2,23,26). The number of alkyl halides is 2. The van der Waals surface area contributed by atoms with E-state index in [1.54, 1.807) is 18.2 Å². The highest BCUT2D eigenvalue weighted by molar-refractivity contribution is 6.11. The first kappa shape index (κ1) is 19.2. The van der Waals surface area contributed by atoms with Crippen molar-refractivity contribution in [2.45, 2.75) is 63.0 Å². The number of fused-ring (bicyclic) bond motifs is 1. The Balaban J connectivity index is 2.06. The number of primary amides is 1. The van der Waals surface area contributed by atoms with E-state index in [1.165, 1.54) is 0 Å². The molecule has 1 aromatic carbocycles. The first-order chi connectivity index (χ1) is 12.5. The van der Waals surface area contributed by atoms with Crippen LogP contribution in [0, 0.1) is 12.3 Å². The average Bonchev–Trinajstić information content (AvgIpc) is 2.89. The number of rotatable bonds is 3. The summed E-state index contributed by atoms with van der Waals surface area (Å²) in [4.78, 5) is 26.0. The van der Waals surface area contributed by atoms with E-state index in [9.17, 15) is 18.4 Å². The molecule has 0 radical (unpaired) electrons. The topological polar surface area (TPSA) is 72.6 Å². The maximum absolute atomic E-state index is 13.7. The molecule has 2 N–H and O–H groups in total. The number of benzene rings is 1. The van der Waals surface area contributed by atoms with E-state index < -0.39 is 41.7 Å². The predicted octanol–water partition coefficient (Wildman–Crippen LogP) is 2.80. The lowest BCUT2D eigenvalue weighted by Gasteiger charge is -2.44. The molecule has 5 nitrogen and oxygen atoms in total. The van der Waals surface area contributed by atoms with Gasteiger partial charge in [-0.2, -0.15) is 0 Å². The van der Waals surface area contributed by atoms with E-state index in [-0.39, 0.29) is 12.8 Å². The molecule has 0 aromatic heterocycles. The SMILES string of the molecule is C#CC(=O)N(c1ccc2c(c1)CC(C)(C)O2)C1(C(N)=O)CCC(F)(F)CC1. The van der Waals surface area contributed by atoms with Crippen LogP contribution in [0.4, 0.5) is 14.5 Å². The zero-order valence-electron chi connectivity index (χ0n) is 15.4. The van der Waals surface area contributed by atoms with Gasteiger partial charge >= 0.3 is 5.91 Å². The van der Waals surface area contributed by atoms with Gasteiger partial charge in [0.05, 0.1) is 0 Å². The minimum Gasteiger partial charge on any atom is -0.487 e. The maximum Gasteiger partial charge on any atom is 0.303 e. The molecule has 2 aliphatic rings. The molecular weight excluding hydrogens is 354 g/mol. The summed E-state index contributed by atoms with van der Waals surface area (Å²) in [6.07, 6.45) is 4.36. The molecule has 1 aliphatic heterocycles. The first-order valence-corrected chi connectivity index (χ1v) is 8.80. The molecule has 2 amide bonds. The zero-order valence-corrected chi connectivity index (χ0v) is 15.4. The number of halogens is 2. The lowest BCUT2D eigenvalue weighted by molar-refractivity contribution is -0.131. The van der Waals surface area contributed by atoms with Gasteiger partial charge in [0.1, 0.15) is 16.9 Å². The minimum absolute atomic E-state index is 0.248. The van der Waals surface area contributed by atoms with Gasteiger partial charge in [0.2, 0.25) is 11.8 Å². The van der Waals surface area contributed by atoms with Gasteiger partial charge in [-0.15, -0.1) is 6.42 Å². The summed E-state index contributed by atoms with van der Waals surface area (Å²) in [5.74, 6) is -1.82. The molecular formula is C20H22F2N2O3. The fourth-order valence-electron chi connectivity index (χ4n) is 3.97. The number of nitrogens with zero attached hydrogens (tertiary/aromatic N) is 1. The molecule has 3 rings (SSSR count).